The van der Waals surface area contributed by atoms with Crippen LogP contribution in [-0.2, 0) is 11.3 Å². The average molecular weight is 332 g/mol. The maximum absolute atomic E-state index is 5.92. The summed E-state index contributed by atoms with van der Waals surface area (Å²) in [5.74, 6) is 3.82. The Morgan fingerprint density at radius 1 is 1.25 bits per heavy atom. The lowest BCUT2D eigenvalue weighted by atomic mass is 10.2. The van der Waals surface area contributed by atoms with Crippen molar-refractivity contribution in [1.82, 2.24) is 29.8 Å². The van der Waals surface area contributed by atoms with E-state index in [4.69, 9.17) is 9.26 Å². The first-order valence-electron chi connectivity index (χ1n) is 8.67. The van der Waals surface area contributed by atoms with Gasteiger partial charge in [0.15, 0.2) is 5.82 Å². The van der Waals surface area contributed by atoms with Crippen LogP contribution in [0, 0.1) is 13.8 Å². The second kappa shape index (κ2) is 6.25. The zero-order valence-electron chi connectivity index (χ0n) is 14.5. The number of hydrogen-bond donors (Lipinski definition) is 0. The summed E-state index contributed by atoms with van der Waals surface area (Å²) in [7, 11) is 0. The Hall–Kier alpha value is -1.80. The summed E-state index contributed by atoms with van der Waals surface area (Å²) in [4.78, 5) is 11.3. The summed E-state index contributed by atoms with van der Waals surface area (Å²) in [6.07, 6.45) is 2.46. The smallest absolute Gasteiger partial charge is 0.243 e. The highest BCUT2D eigenvalue weighted by molar-refractivity contribution is 5.05. The molecular weight excluding hydrogens is 308 g/mol. The van der Waals surface area contributed by atoms with E-state index in [1.165, 1.54) is 12.8 Å². The lowest BCUT2D eigenvalue weighted by Gasteiger charge is -2.35. The maximum atomic E-state index is 5.92. The molecular formula is C16H24N6O2. The molecule has 130 valence electrons. The zero-order valence-corrected chi connectivity index (χ0v) is 14.5. The third-order valence-corrected chi connectivity index (χ3v) is 4.81. The van der Waals surface area contributed by atoms with E-state index in [1.807, 2.05) is 18.5 Å². The van der Waals surface area contributed by atoms with Crippen LogP contribution in [0.2, 0.25) is 0 Å². The van der Waals surface area contributed by atoms with Crippen LogP contribution in [0.25, 0.3) is 0 Å². The molecule has 0 bridgehead atoms. The van der Waals surface area contributed by atoms with Crippen LogP contribution in [0.1, 0.15) is 55.1 Å². The summed E-state index contributed by atoms with van der Waals surface area (Å²) in [6.45, 7) is 9.11. The molecule has 1 saturated carbocycles. The van der Waals surface area contributed by atoms with Gasteiger partial charge in [-0.3, -0.25) is 4.90 Å². The molecule has 1 aliphatic heterocycles. The van der Waals surface area contributed by atoms with Crippen molar-refractivity contribution in [3.8, 4) is 0 Å². The summed E-state index contributed by atoms with van der Waals surface area (Å²) in [5, 5.41) is 8.56. The number of rotatable bonds is 5. The SMILES string of the molecule is Cc1nc(C)n(C[C@@H]2CN([C@H](C)c3nc(C4CC4)no3)CCO2)n1. The minimum absolute atomic E-state index is 0.0897. The van der Waals surface area contributed by atoms with Crippen molar-refractivity contribution in [2.75, 3.05) is 19.7 Å². The minimum atomic E-state index is 0.0897. The topological polar surface area (TPSA) is 82.1 Å². The van der Waals surface area contributed by atoms with Gasteiger partial charge in [0.1, 0.15) is 11.6 Å². The monoisotopic (exact) mass is 332 g/mol. The van der Waals surface area contributed by atoms with E-state index < -0.39 is 0 Å². The summed E-state index contributed by atoms with van der Waals surface area (Å²) < 4.78 is 13.3. The zero-order chi connectivity index (χ0) is 16.7. The van der Waals surface area contributed by atoms with Crippen LogP contribution in [0.4, 0.5) is 0 Å². The molecule has 2 atom stereocenters. The van der Waals surface area contributed by atoms with Crippen LogP contribution in [0.3, 0.4) is 0 Å². The lowest BCUT2D eigenvalue weighted by molar-refractivity contribution is -0.0535. The van der Waals surface area contributed by atoms with Gasteiger partial charge in [-0.1, -0.05) is 5.16 Å². The second-order valence-corrected chi connectivity index (χ2v) is 6.82. The predicted octanol–water partition coefficient (Wildman–Crippen LogP) is 1.62. The van der Waals surface area contributed by atoms with Gasteiger partial charge in [-0.15, -0.1) is 0 Å². The largest absolute Gasteiger partial charge is 0.374 e. The highest BCUT2D eigenvalue weighted by atomic mass is 16.5. The molecule has 2 aromatic rings. The van der Waals surface area contributed by atoms with Crippen LogP contribution >= 0.6 is 0 Å². The third-order valence-electron chi connectivity index (χ3n) is 4.81. The first-order valence-corrected chi connectivity index (χ1v) is 8.67. The molecule has 2 fully saturated rings. The van der Waals surface area contributed by atoms with Crippen molar-refractivity contribution in [2.45, 2.75) is 58.2 Å². The molecule has 0 N–H and O–H groups in total. The lowest BCUT2D eigenvalue weighted by Crippen LogP contribution is -2.45. The Balaban J connectivity index is 1.40. The molecule has 0 radical (unpaired) electrons. The van der Waals surface area contributed by atoms with Gasteiger partial charge in [-0.25, -0.2) is 9.67 Å². The summed E-state index contributed by atoms with van der Waals surface area (Å²) >= 11 is 0. The summed E-state index contributed by atoms with van der Waals surface area (Å²) in [6, 6.07) is 0.106. The first-order chi connectivity index (χ1) is 11.6. The predicted molar refractivity (Wildman–Crippen MR) is 85.5 cm³/mol. The van der Waals surface area contributed by atoms with Crippen molar-refractivity contribution < 1.29 is 9.26 Å². The Kier molecular flexibility index (Phi) is 4.09. The average Bonchev–Trinajstić information content (AvgIpc) is 3.22. The molecule has 1 saturated heterocycles. The Morgan fingerprint density at radius 3 is 2.79 bits per heavy atom. The fraction of sp³-hybridized carbons (Fsp3) is 0.750. The fourth-order valence-corrected chi connectivity index (χ4v) is 3.21. The van der Waals surface area contributed by atoms with Crippen molar-refractivity contribution in [3.05, 3.63) is 23.4 Å². The highest BCUT2D eigenvalue weighted by Gasteiger charge is 2.32. The van der Waals surface area contributed by atoms with Gasteiger partial charge in [0.05, 0.1) is 25.3 Å². The maximum Gasteiger partial charge on any atom is 0.243 e. The van der Waals surface area contributed by atoms with Crippen LogP contribution < -0.4 is 0 Å². The van der Waals surface area contributed by atoms with Crippen LogP contribution in [0.15, 0.2) is 4.52 Å². The van der Waals surface area contributed by atoms with E-state index in [1.54, 1.807) is 0 Å². The number of morpholine rings is 1. The van der Waals surface area contributed by atoms with Gasteiger partial charge in [-0.2, -0.15) is 10.1 Å². The fourth-order valence-electron chi connectivity index (χ4n) is 3.21. The molecule has 8 heteroatoms. The molecule has 4 rings (SSSR count). The van der Waals surface area contributed by atoms with E-state index in [9.17, 15) is 0 Å². The normalized spacial score (nSPS) is 23.5. The van der Waals surface area contributed by atoms with Gasteiger partial charge in [0.2, 0.25) is 5.89 Å². The number of aryl methyl sites for hydroxylation is 2. The van der Waals surface area contributed by atoms with Crippen molar-refractivity contribution in [2.24, 2.45) is 0 Å². The van der Waals surface area contributed by atoms with Crippen LogP contribution in [0.5, 0.6) is 0 Å². The molecule has 1 aliphatic carbocycles. The van der Waals surface area contributed by atoms with Gasteiger partial charge >= 0.3 is 0 Å². The third kappa shape index (κ3) is 3.21. The Morgan fingerprint density at radius 2 is 2.08 bits per heavy atom. The molecule has 0 amide bonds. The van der Waals surface area contributed by atoms with Crippen LogP contribution in [-0.4, -0.2) is 55.6 Å². The van der Waals surface area contributed by atoms with E-state index in [2.05, 4.69) is 32.0 Å². The summed E-state index contributed by atoms with van der Waals surface area (Å²) in [5.41, 5.74) is 0. The van der Waals surface area contributed by atoms with Gasteiger partial charge in [-0.05, 0) is 33.6 Å². The number of hydrogen-bond acceptors (Lipinski definition) is 7. The molecule has 0 spiro atoms. The van der Waals surface area contributed by atoms with E-state index in [0.717, 1.165) is 30.6 Å². The Labute approximate surface area is 141 Å². The Bertz CT molecular complexity index is 707. The number of aromatic nitrogens is 5. The van der Waals surface area contributed by atoms with E-state index >= 15 is 0 Å². The van der Waals surface area contributed by atoms with E-state index in [0.29, 0.717) is 25.0 Å². The van der Waals surface area contributed by atoms with Crippen molar-refractivity contribution in [3.63, 3.8) is 0 Å². The van der Waals surface area contributed by atoms with E-state index in [-0.39, 0.29) is 12.1 Å². The molecule has 24 heavy (non-hydrogen) atoms. The molecule has 2 aromatic heterocycles. The van der Waals surface area contributed by atoms with Gasteiger partial charge in [0, 0.05) is 19.0 Å². The first kappa shape index (κ1) is 15.7. The number of nitrogens with zero attached hydrogens (tertiary/aromatic N) is 6. The minimum Gasteiger partial charge on any atom is -0.374 e. The van der Waals surface area contributed by atoms with Crippen molar-refractivity contribution in [1.29, 1.82) is 0 Å². The molecule has 0 unspecified atom stereocenters. The van der Waals surface area contributed by atoms with Gasteiger partial charge in [0.25, 0.3) is 0 Å². The molecule has 3 heterocycles. The standard InChI is InChI=1S/C16H24N6O2/c1-10(16-18-15(20-24-16)13-4-5-13)21-6-7-23-14(8-21)9-22-12(3)17-11(2)19-22/h10,13-14H,4-9H2,1-3H3/t10-,14+/m1/s1. The van der Waals surface area contributed by atoms with Crippen molar-refractivity contribution >= 4 is 0 Å². The number of ether oxygens (including phenoxy) is 1. The highest BCUT2D eigenvalue weighted by Crippen LogP contribution is 2.38. The molecule has 0 aromatic carbocycles. The molecule has 8 nitrogen and oxygen atoms in total. The molecule has 2 aliphatic rings. The van der Waals surface area contributed by atoms with Gasteiger partial charge < -0.3 is 9.26 Å². The second-order valence-electron chi connectivity index (χ2n) is 6.82. The quantitative estimate of drug-likeness (QED) is 0.822.